The van der Waals surface area contributed by atoms with Crippen molar-refractivity contribution in [3.05, 3.63) is 66.5 Å². The molecule has 1 fully saturated rings. The predicted octanol–water partition coefficient (Wildman–Crippen LogP) is 6.37. The summed E-state index contributed by atoms with van der Waals surface area (Å²) in [6, 6.07) is 6.67. The summed E-state index contributed by atoms with van der Waals surface area (Å²) in [5.41, 5.74) is 1.87. The van der Waals surface area contributed by atoms with Gasteiger partial charge in [0, 0.05) is 18.5 Å². The van der Waals surface area contributed by atoms with Gasteiger partial charge in [0.2, 0.25) is 11.8 Å². The molecule has 1 aliphatic heterocycles. The first kappa shape index (κ1) is 27.3. The fraction of sp³-hybridized carbons (Fsp3) is 0.481. The van der Waals surface area contributed by atoms with Crippen molar-refractivity contribution < 1.29 is 14.0 Å². The van der Waals surface area contributed by atoms with Gasteiger partial charge in [0.25, 0.3) is 0 Å². The maximum absolute atomic E-state index is 13.6. The molecule has 0 aliphatic carbocycles. The summed E-state index contributed by atoms with van der Waals surface area (Å²) < 4.78 is 13.6. The molecule has 1 aliphatic rings. The topological polar surface area (TPSA) is 49.4 Å². The lowest BCUT2D eigenvalue weighted by Gasteiger charge is -2.28. The van der Waals surface area contributed by atoms with Gasteiger partial charge in [-0.15, -0.1) is 0 Å². The number of halogens is 1. The summed E-state index contributed by atoms with van der Waals surface area (Å²) >= 11 is 0. The van der Waals surface area contributed by atoms with Crippen molar-refractivity contribution in [2.24, 2.45) is 5.41 Å². The van der Waals surface area contributed by atoms with Gasteiger partial charge in [0.1, 0.15) is 11.9 Å². The average molecular weight is 443 g/mol. The summed E-state index contributed by atoms with van der Waals surface area (Å²) in [5, 5.41) is 3.03. The number of likely N-dealkylation sites (tertiary alicyclic amines) is 1. The molecule has 2 amide bonds. The Hall–Kier alpha value is -2.69. The maximum atomic E-state index is 13.6. The lowest BCUT2D eigenvalue weighted by Crippen LogP contribution is -2.47. The van der Waals surface area contributed by atoms with Crippen LogP contribution in [0.15, 0.2) is 55.4 Å². The molecule has 0 bridgehead atoms. The van der Waals surface area contributed by atoms with Crippen LogP contribution in [0.4, 0.5) is 4.39 Å². The Morgan fingerprint density at radius 2 is 1.84 bits per heavy atom. The molecule has 32 heavy (non-hydrogen) atoms. The molecule has 0 saturated carbocycles. The van der Waals surface area contributed by atoms with E-state index in [1.807, 2.05) is 53.7 Å². The smallest absolute Gasteiger partial charge is 0.243 e. The molecule has 4 nitrogen and oxygen atoms in total. The molecule has 1 aromatic rings. The van der Waals surface area contributed by atoms with E-state index in [2.05, 4.69) is 18.5 Å². The number of carbonyl (C=O) groups excluding carboxylic acids is 2. The van der Waals surface area contributed by atoms with Crippen LogP contribution in [0.3, 0.4) is 0 Å². The van der Waals surface area contributed by atoms with Gasteiger partial charge in [-0.1, -0.05) is 84.2 Å². The third-order valence-electron chi connectivity index (χ3n) is 5.21. The van der Waals surface area contributed by atoms with Crippen LogP contribution in [0, 0.1) is 5.41 Å². The van der Waals surface area contributed by atoms with E-state index in [9.17, 15) is 14.0 Å². The normalized spacial score (nSPS) is 17.2. The van der Waals surface area contributed by atoms with Crippen LogP contribution in [-0.2, 0) is 9.59 Å². The minimum atomic E-state index is -0.523. The number of amides is 2. The minimum absolute atomic E-state index is 0.0325. The van der Waals surface area contributed by atoms with Crippen LogP contribution < -0.4 is 5.32 Å². The number of nitrogens with zero attached hydrogens (tertiary/aromatic N) is 1. The summed E-state index contributed by atoms with van der Waals surface area (Å²) in [5.74, 6) is -0.619. The van der Waals surface area contributed by atoms with E-state index in [1.165, 1.54) is 6.08 Å². The van der Waals surface area contributed by atoms with Crippen LogP contribution in [0.5, 0.6) is 0 Å². The molecular weight excluding hydrogens is 403 g/mol. The number of allylic oxidation sites excluding steroid dienone is 4. The second-order valence-corrected chi connectivity index (χ2v) is 9.06. The molecule has 2 atom stereocenters. The predicted molar refractivity (Wildman–Crippen MR) is 132 cm³/mol. The Balaban J connectivity index is 0.00000249. The highest BCUT2D eigenvalue weighted by molar-refractivity contribution is 5.88. The number of rotatable bonds is 7. The summed E-state index contributed by atoms with van der Waals surface area (Å²) in [6.07, 6.45) is 5.04. The van der Waals surface area contributed by atoms with E-state index in [0.717, 1.165) is 12.0 Å². The van der Waals surface area contributed by atoms with Crippen LogP contribution in [0.1, 0.15) is 78.0 Å². The standard InChI is InChI=1S/C25H33FN2O2.C2H6/c1-7-9-21(17(2)26)20-13-11-19(12-14-20)18(3)27-24(30)22-10-8-15-28(22)23(29)16-25(4,5)6;1-2/h7,9,11-14,18,22H,1-2,8,10,15-16H2,3-6H3,(H,27,30);1-2H3/b21-9+;. The van der Waals surface area contributed by atoms with Gasteiger partial charge in [-0.25, -0.2) is 4.39 Å². The second kappa shape index (κ2) is 12.4. The Kier molecular flexibility index (Phi) is 10.6. The third-order valence-corrected chi connectivity index (χ3v) is 5.21. The Morgan fingerprint density at radius 1 is 1.25 bits per heavy atom. The number of benzene rings is 1. The molecule has 176 valence electrons. The molecule has 2 rings (SSSR count). The van der Waals surface area contributed by atoms with Crippen molar-refractivity contribution in [3.8, 4) is 0 Å². The molecule has 0 spiro atoms. The third kappa shape index (κ3) is 7.77. The highest BCUT2D eigenvalue weighted by atomic mass is 19.1. The van der Waals surface area contributed by atoms with Crippen molar-refractivity contribution in [2.45, 2.75) is 72.9 Å². The van der Waals surface area contributed by atoms with Gasteiger partial charge in [-0.2, -0.15) is 0 Å². The second-order valence-electron chi connectivity index (χ2n) is 9.06. The van der Waals surface area contributed by atoms with Crippen molar-refractivity contribution in [2.75, 3.05) is 6.54 Å². The van der Waals surface area contributed by atoms with E-state index >= 15 is 0 Å². The number of nitrogens with one attached hydrogen (secondary N) is 1. The summed E-state index contributed by atoms with van der Waals surface area (Å²) in [4.78, 5) is 27.2. The van der Waals surface area contributed by atoms with Crippen molar-refractivity contribution in [1.82, 2.24) is 10.2 Å². The monoisotopic (exact) mass is 442 g/mol. The van der Waals surface area contributed by atoms with Gasteiger partial charge in [0.15, 0.2) is 0 Å². The molecule has 1 aromatic carbocycles. The molecule has 0 aromatic heterocycles. The van der Waals surface area contributed by atoms with Crippen molar-refractivity contribution >= 4 is 17.4 Å². The fourth-order valence-electron chi connectivity index (χ4n) is 3.70. The molecule has 1 saturated heterocycles. The van der Waals surface area contributed by atoms with Gasteiger partial charge in [-0.3, -0.25) is 9.59 Å². The fourth-order valence-corrected chi connectivity index (χ4v) is 3.70. The largest absolute Gasteiger partial charge is 0.348 e. The first-order valence-corrected chi connectivity index (χ1v) is 11.4. The van der Waals surface area contributed by atoms with Gasteiger partial charge >= 0.3 is 0 Å². The number of hydrogen-bond acceptors (Lipinski definition) is 2. The van der Waals surface area contributed by atoms with E-state index in [0.29, 0.717) is 30.5 Å². The first-order chi connectivity index (χ1) is 15.0. The molecule has 2 unspecified atom stereocenters. The number of hydrogen-bond donors (Lipinski definition) is 1. The van der Waals surface area contributed by atoms with E-state index in [-0.39, 0.29) is 23.3 Å². The summed E-state index contributed by atoms with van der Waals surface area (Å²) in [7, 11) is 0. The maximum Gasteiger partial charge on any atom is 0.243 e. The summed E-state index contributed by atoms with van der Waals surface area (Å²) in [6.45, 7) is 19.6. The Bertz CT molecular complexity index is 834. The highest BCUT2D eigenvalue weighted by Gasteiger charge is 2.35. The lowest BCUT2D eigenvalue weighted by atomic mass is 9.91. The van der Waals surface area contributed by atoms with Gasteiger partial charge in [-0.05, 0) is 36.3 Å². The molecular formula is C27H39FN2O2. The van der Waals surface area contributed by atoms with Crippen LogP contribution >= 0.6 is 0 Å². The Morgan fingerprint density at radius 3 is 2.34 bits per heavy atom. The zero-order valence-electron chi connectivity index (χ0n) is 20.5. The molecule has 5 heteroatoms. The lowest BCUT2D eigenvalue weighted by molar-refractivity contribution is -0.140. The zero-order chi connectivity index (χ0) is 24.5. The van der Waals surface area contributed by atoms with Crippen LogP contribution in [0.25, 0.3) is 5.57 Å². The van der Waals surface area contributed by atoms with E-state index in [1.54, 1.807) is 23.1 Å². The Labute approximate surface area is 193 Å². The van der Waals surface area contributed by atoms with Crippen LogP contribution in [0.2, 0.25) is 0 Å². The highest BCUT2D eigenvalue weighted by Crippen LogP contribution is 2.27. The van der Waals surface area contributed by atoms with Crippen molar-refractivity contribution in [3.63, 3.8) is 0 Å². The van der Waals surface area contributed by atoms with Crippen LogP contribution in [-0.4, -0.2) is 29.3 Å². The zero-order valence-corrected chi connectivity index (χ0v) is 20.5. The van der Waals surface area contributed by atoms with E-state index < -0.39 is 11.9 Å². The molecule has 0 radical (unpaired) electrons. The quantitative estimate of drug-likeness (QED) is 0.499. The minimum Gasteiger partial charge on any atom is -0.348 e. The van der Waals surface area contributed by atoms with Gasteiger partial charge in [0.05, 0.1) is 6.04 Å². The first-order valence-electron chi connectivity index (χ1n) is 11.4. The molecule has 1 N–H and O–H groups in total. The SMILES string of the molecule is C=C/C=C(\C(=C)F)c1ccc(C(C)NC(=O)C2CCCN2C(=O)CC(C)(C)C)cc1.CC. The molecule has 1 heterocycles. The number of carbonyl (C=O) groups is 2. The average Bonchev–Trinajstić information content (AvgIpc) is 3.22. The van der Waals surface area contributed by atoms with E-state index in [4.69, 9.17) is 0 Å². The van der Waals surface area contributed by atoms with Crippen molar-refractivity contribution in [1.29, 1.82) is 0 Å². The van der Waals surface area contributed by atoms with Gasteiger partial charge < -0.3 is 10.2 Å².